The van der Waals surface area contributed by atoms with Gasteiger partial charge in [-0.3, -0.25) is 9.78 Å². The molecule has 2 atom stereocenters. The molecule has 1 aliphatic carbocycles. The van der Waals surface area contributed by atoms with Crippen LogP contribution in [-0.4, -0.2) is 21.6 Å². The minimum absolute atomic E-state index is 0.102. The van der Waals surface area contributed by atoms with E-state index in [9.17, 15) is 4.79 Å². The first-order valence-electron chi connectivity index (χ1n) is 10.5. The van der Waals surface area contributed by atoms with Crippen LogP contribution in [0, 0.1) is 5.92 Å². The first kappa shape index (κ1) is 18.5. The summed E-state index contributed by atoms with van der Waals surface area (Å²) in [6, 6.07) is 25.9. The molecule has 30 heavy (non-hydrogen) atoms. The number of nitrogens with zero attached hydrogens (tertiary/aromatic N) is 3. The lowest BCUT2D eigenvalue weighted by Gasteiger charge is -2.29. The second kappa shape index (κ2) is 8.07. The Kier molecular flexibility index (Phi) is 4.98. The van der Waals surface area contributed by atoms with Crippen molar-refractivity contribution in [3.8, 4) is 0 Å². The highest BCUT2D eigenvalue weighted by Crippen LogP contribution is 2.44. The second-order valence-corrected chi connectivity index (χ2v) is 7.78. The van der Waals surface area contributed by atoms with Crippen molar-refractivity contribution in [3.05, 3.63) is 107 Å². The molecule has 1 saturated carbocycles. The highest BCUT2D eigenvalue weighted by atomic mass is 16.2. The summed E-state index contributed by atoms with van der Waals surface area (Å²) in [5.41, 5.74) is 4.99. The van der Waals surface area contributed by atoms with Crippen LogP contribution in [0.5, 0.6) is 0 Å². The van der Waals surface area contributed by atoms with E-state index in [1.165, 1.54) is 11.1 Å². The van der Waals surface area contributed by atoms with E-state index in [0.29, 0.717) is 5.69 Å². The van der Waals surface area contributed by atoms with Crippen molar-refractivity contribution in [2.24, 2.45) is 11.0 Å². The van der Waals surface area contributed by atoms with Crippen molar-refractivity contribution in [2.45, 2.75) is 25.3 Å². The molecule has 1 aliphatic heterocycles. The van der Waals surface area contributed by atoms with Crippen molar-refractivity contribution >= 4 is 17.7 Å². The highest BCUT2D eigenvalue weighted by molar-refractivity contribution is 6.09. The fourth-order valence-corrected chi connectivity index (χ4v) is 4.51. The second-order valence-electron chi connectivity index (χ2n) is 7.78. The highest BCUT2D eigenvalue weighted by Gasteiger charge is 2.44. The van der Waals surface area contributed by atoms with Crippen LogP contribution < -0.4 is 0 Å². The van der Waals surface area contributed by atoms with Crippen LogP contribution in [-0.2, 0) is 0 Å². The molecule has 1 aromatic heterocycles. The number of hydrogen-bond donors (Lipinski definition) is 0. The number of benzene rings is 2. The minimum atomic E-state index is -0.148. The maximum Gasteiger partial charge on any atom is 0.293 e. The van der Waals surface area contributed by atoms with Crippen molar-refractivity contribution in [1.29, 1.82) is 0 Å². The molecule has 5 rings (SSSR count). The standard InChI is InChI=1S/C26H23N3O/c30-26(23-16-7-8-17-27-23)29-25(20-12-5-2-6-13-20)22-15-9-14-21(24(22)28-29)18-19-10-3-1-4-11-19/h1-8,10-13,16-18,22,25H,9,14-15H2/b21-18-/t22-,25+/m1/s1. The molecule has 1 amide bonds. The van der Waals surface area contributed by atoms with E-state index >= 15 is 0 Å². The molecule has 0 saturated heterocycles. The van der Waals surface area contributed by atoms with Gasteiger partial charge >= 0.3 is 0 Å². The summed E-state index contributed by atoms with van der Waals surface area (Å²) < 4.78 is 0. The molecule has 0 spiro atoms. The number of carbonyl (C=O) groups is 1. The van der Waals surface area contributed by atoms with Crippen molar-refractivity contribution < 1.29 is 4.79 Å². The number of hydrazone groups is 1. The third kappa shape index (κ3) is 3.45. The van der Waals surface area contributed by atoms with E-state index in [4.69, 9.17) is 5.10 Å². The summed E-state index contributed by atoms with van der Waals surface area (Å²) in [5, 5.41) is 6.58. The van der Waals surface area contributed by atoms with Gasteiger partial charge in [0, 0.05) is 12.1 Å². The van der Waals surface area contributed by atoms with Gasteiger partial charge < -0.3 is 0 Å². The number of amides is 1. The van der Waals surface area contributed by atoms with Crippen LogP contribution in [0.3, 0.4) is 0 Å². The lowest BCUT2D eigenvalue weighted by Crippen LogP contribution is -2.32. The molecule has 4 nitrogen and oxygen atoms in total. The maximum absolute atomic E-state index is 13.4. The molecule has 0 N–H and O–H groups in total. The van der Waals surface area contributed by atoms with Gasteiger partial charge in [-0.2, -0.15) is 5.10 Å². The topological polar surface area (TPSA) is 45.6 Å². The molecule has 0 bridgehead atoms. The lowest BCUT2D eigenvalue weighted by molar-refractivity contribution is 0.0675. The molecule has 0 radical (unpaired) electrons. The van der Waals surface area contributed by atoms with E-state index in [1.807, 2.05) is 48.5 Å². The molecule has 0 unspecified atom stereocenters. The van der Waals surface area contributed by atoms with Gasteiger partial charge in [-0.1, -0.05) is 66.7 Å². The largest absolute Gasteiger partial charge is 0.293 e. The Bertz CT molecular complexity index is 1090. The van der Waals surface area contributed by atoms with Crippen LogP contribution in [0.1, 0.15) is 46.9 Å². The van der Waals surface area contributed by atoms with Crippen LogP contribution in [0.2, 0.25) is 0 Å². The maximum atomic E-state index is 13.4. The molecule has 1 fully saturated rings. The first-order valence-corrected chi connectivity index (χ1v) is 10.5. The Morgan fingerprint density at radius 1 is 0.933 bits per heavy atom. The molecule has 4 heteroatoms. The average molecular weight is 393 g/mol. The van der Waals surface area contributed by atoms with Gasteiger partial charge in [-0.15, -0.1) is 0 Å². The zero-order chi connectivity index (χ0) is 20.3. The van der Waals surface area contributed by atoms with Crippen LogP contribution in [0.25, 0.3) is 6.08 Å². The summed E-state index contributed by atoms with van der Waals surface area (Å²) >= 11 is 0. The molecule has 2 aromatic carbocycles. The SMILES string of the molecule is O=C(c1ccccn1)N1N=C2/C(=C\c3ccccc3)CCC[C@H]2[C@@H]1c1ccccc1. The molecule has 2 aliphatic rings. The number of allylic oxidation sites excluding steroid dienone is 1. The summed E-state index contributed by atoms with van der Waals surface area (Å²) in [7, 11) is 0. The average Bonchev–Trinajstić information content (AvgIpc) is 3.21. The van der Waals surface area contributed by atoms with E-state index in [-0.39, 0.29) is 17.9 Å². The molecular weight excluding hydrogens is 370 g/mol. The summed E-state index contributed by atoms with van der Waals surface area (Å²) in [4.78, 5) is 17.7. The van der Waals surface area contributed by atoms with Gasteiger partial charge in [0.15, 0.2) is 0 Å². The Labute approximate surface area is 176 Å². The van der Waals surface area contributed by atoms with Crippen LogP contribution in [0.15, 0.2) is 95.7 Å². The zero-order valence-corrected chi connectivity index (χ0v) is 16.7. The normalized spacial score (nSPS) is 21.9. The van der Waals surface area contributed by atoms with Crippen LogP contribution >= 0.6 is 0 Å². The predicted octanol–water partition coefficient (Wildman–Crippen LogP) is 5.52. The lowest BCUT2D eigenvalue weighted by atomic mass is 9.77. The Hall–Kier alpha value is -3.53. The fourth-order valence-electron chi connectivity index (χ4n) is 4.51. The van der Waals surface area contributed by atoms with Crippen molar-refractivity contribution in [3.63, 3.8) is 0 Å². The number of hydrogen-bond acceptors (Lipinski definition) is 3. The fraction of sp³-hybridized carbons (Fsp3) is 0.192. The van der Waals surface area contributed by atoms with E-state index in [0.717, 1.165) is 30.5 Å². The zero-order valence-electron chi connectivity index (χ0n) is 16.7. The summed E-state index contributed by atoms with van der Waals surface area (Å²) in [6.45, 7) is 0. The van der Waals surface area contributed by atoms with Gasteiger partial charge in [0.25, 0.3) is 5.91 Å². The number of pyridine rings is 1. The quantitative estimate of drug-likeness (QED) is 0.588. The number of rotatable bonds is 3. The molecular formula is C26H23N3O. The monoisotopic (exact) mass is 393 g/mol. The minimum Gasteiger partial charge on any atom is -0.265 e. The number of carbonyl (C=O) groups excluding carboxylic acids is 1. The molecule has 148 valence electrons. The predicted molar refractivity (Wildman–Crippen MR) is 119 cm³/mol. The number of aromatic nitrogens is 1. The third-order valence-electron chi connectivity index (χ3n) is 5.88. The van der Waals surface area contributed by atoms with Gasteiger partial charge in [0.1, 0.15) is 5.69 Å². The molecule has 3 aromatic rings. The Morgan fingerprint density at radius 3 is 2.40 bits per heavy atom. The Morgan fingerprint density at radius 2 is 1.67 bits per heavy atom. The third-order valence-corrected chi connectivity index (χ3v) is 5.88. The Balaban J connectivity index is 1.58. The van der Waals surface area contributed by atoms with Gasteiger partial charge in [0.05, 0.1) is 11.8 Å². The van der Waals surface area contributed by atoms with E-state index in [2.05, 4.69) is 35.3 Å². The van der Waals surface area contributed by atoms with Crippen molar-refractivity contribution in [2.75, 3.05) is 0 Å². The van der Waals surface area contributed by atoms with E-state index < -0.39 is 0 Å². The van der Waals surface area contributed by atoms with E-state index in [1.54, 1.807) is 17.3 Å². The van der Waals surface area contributed by atoms with Gasteiger partial charge in [-0.25, -0.2) is 5.01 Å². The first-order chi connectivity index (χ1) is 14.8. The van der Waals surface area contributed by atoms with Crippen molar-refractivity contribution in [1.82, 2.24) is 9.99 Å². The smallest absolute Gasteiger partial charge is 0.265 e. The van der Waals surface area contributed by atoms with Gasteiger partial charge in [-0.05, 0) is 54.2 Å². The summed E-state index contributed by atoms with van der Waals surface area (Å²) in [6.07, 6.45) is 6.98. The number of fused-ring (bicyclic) bond motifs is 1. The molecule has 2 heterocycles. The van der Waals surface area contributed by atoms with Crippen LogP contribution in [0.4, 0.5) is 0 Å². The summed E-state index contributed by atoms with van der Waals surface area (Å²) in [5.74, 6) is 0.0502. The van der Waals surface area contributed by atoms with Gasteiger partial charge in [0.2, 0.25) is 0 Å².